The van der Waals surface area contributed by atoms with E-state index in [1.807, 2.05) is 6.20 Å². The highest BCUT2D eigenvalue weighted by Crippen LogP contribution is 2.09. The minimum Gasteiger partial charge on any atom is -0.312 e. The van der Waals surface area contributed by atoms with Crippen LogP contribution in [0.4, 0.5) is 0 Å². The Kier molecular flexibility index (Phi) is 2.04. The van der Waals surface area contributed by atoms with Crippen LogP contribution in [0.1, 0.15) is 24.0 Å². The first-order chi connectivity index (χ1) is 5.90. The van der Waals surface area contributed by atoms with Gasteiger partial charge >= 0.3 is 0 Å². The zero-order valence-corrected chi connectivity index (χ0v) is 7.30. The monoisotopic (exact) mass is 163 g/mol. The van der Waals surface area contributed by atoms with Gasteiger partial charge in [-0.25, -0.2) is 9.97 Å². The first-order valence-corrected chi connectivity index (χ1v) is 4.44. The van der Waals surface area contributed by atoms with Crippen molar-refractivity contribution >= 4 is 0 Å². The molecule has 0 saturated carbocycles. The van der Waals surface area contributed by atoms with E-state index >= 15 is 0 Å². The summed E-state index contributed by atoms with van der Waals surface area (Å²) in [5.74, 6) is 0.968. The molecule has 0 atom stereocenters. The Hall–Kier alpha value is -0.960. The van der Waals surface area contributed by atoms with Crippen LogP contribution in [0.5, 0.6) is 0 Å². The molecule has 3 nitrogen and oxygen atoms in total. The summed E-state index contributed by atoms with van der Waals surface area (Å²) in [6.07, 6.45) is 3.93. The average molecular weight is 163 g/mol. The molecule has 0 fully saturated rings. The molecule has 1 aromatic rings. The minimum atomic E-state index is 0.930. The van der Waals surface area contributed by atoms with Crippen molar-refractivity contribution in [2.45, 2.75) is 26.3 Å². The molecular weight excluding hydrogens is 150 g/mol. The highest BCUT2D eigenvalue weighted by molar-refractivity contribution is 5.20. The molecule has 0 aromatic carbocycles. The van der Waals surface area contributed by atoms with Crippen molar-refractivity contribution in [2.24, 2.45) is 0 Å². The quantitative estimate of drug-likeness (QED) is 0.661. The summed E-state index contributed by atoms with van der Waals surface area (Å²) in [6.45, 7) is 4.06. The molecule has 2 heterocycles. The van der Waals surface area contributed by atoms with E-state index in [9.17, 15) is 0 Å². The van der Waals surface area contributed by atoms with E-state index < -0.39 is 0 Å². The Morgan fingerprint density at radius 1 is 1.58 bits per heavy atom. The Morgan fingerprint density at radius 3 is 3.33 bits per heavy atom. The fraction of sp³-hybridized carbons (Fsp3) is 0.556. The molecule has 1 aliphatic rings. The maximum absolute atomic E-state index is 4.48. The highest BCUT2D eigenvalue weighted by Gasteiger charge is 2.10. The topological polar surface area (TPSA) is 37.8 Å². The van der Waals surface area contributed by atoms with Gasteiger partial charge in [-0.15, -0.1) is 0 Å². The van der Waals surface area contributed by atoms with Crippen LogP contribution in [0.15, 0.2) is 6.20 Å². The van der Waals surface area contributed by atoms with Crippen molar-refractivity contribution < 1.29 is 0 Å². The lowest BCUT2D eigenvalue weighted by Crippen LogP contribution is -2.25. The van der Waals surface area contributed by atoms with E-state index in [1.54, 1.807) is 0 Å². The largest absolute Gasteiger partial charge is 0.312 e. The molecule has 2 rings (SSSR count). The van der Waals surface area contributed by atoms with Gasteiger partial charge in [-0.2, -0.15) is 0 Å². The molecule has 1 N–H and O–H groups in total. The van der Waals surface area contributed by atoms with Crippen molar-refractivity contribution in [3.05, 3.63) is 23.3 Å². The first kappa shape index (κ1) is 7.68. The number of hydrogen-bond donors (Lipinski definition) is 1. The van der Waals surface area contributed by atoms with Gasteiger partial charge < -0.3 is 5.32 Å². The van der Waals surface area contributed by atoms with Crippen molar-refractivity contribution in [3.63, 3.8) is 0 Å². The lowest BCUT2D eigenvalue weighted by atomic mass is 10.1. The third kappa shape index (κ3) is 1.32. The fourth-order valence-electron chi connectivity index (χ4n) is 1.45. The van der Waals surface area contributed by atoms with Crippen LogP contribution in [0.3, 0.4) is 0 Å². The SMILES string of the molecule is CCc1ncc2c(n1)CCNC2. The van der Waals surface area contributed by atoms with E-state index in [4.69, 9.17) is 0 Å². The Morgan fingerprint density at radius 2 is 2.50 bits per heavy atom. The Labute approximate surface area is 72.2 Å². The standard InChI is InChI=1S/C9H13N3/c1-2-9-11-6-7-5-10-4-3-8(7)12-9/h6,10H,2-5H2,1H3. The van der Waals surface area contributed by atoms with Gasteiger partial charge in [-0.05, 0) is 0 Å². The summed E-state index contributed by atoms with van der Waals surface area (Å²) in [7, 11) is 0. The fourth-order valence-corrected chi connectivity index (χ4v) is 1.45. The molecule has 64 valence electrons. The Bertz CT molecular complexity index is 283. The van der Waals surface area contributed by atoms with Gasteiger partial charge in [-0.3, -0.25) is 0 Å². The third-order valence-electron chi connectivity index (χ3n) is 2.17. The molecule has 0 radical (unpaired) electrons. The number of nitrogens with one attached hydrogen (secondary N) is 1. The highest BCUT2D eigenvalue weighted by atomic mass is 14.9. The summed E-state index contributed by atoms with van der Waals surface area (Å²) in [5.41, 5.74) is 2.50. The van der Waals surface area contributed by atoms with Crippen LogP contribution < -0.4 is 5.32 Å². The second-order valence-corrected chi connectivity index (χ2v) is 3.04. The second-order valence-electron chi connectivity index (χ2n) is 3.04. The van der Waals surface area contributed by atoms with E-state index in [2.05, 4.69) is 22.2 Å². The van der Waals surface area contributed by atoms with Crippen LogP contribution in [0.2, 0.25) is 0 Å². The van der Waals surface area contributed by atoms with Gasteiger partial charge in [0.25, 0.3) is 0 Å². The summed E-state index contributed by atoms with van der Waals surface area (Å²) >= 11 is 0. The molecule has 0 bridgehead atoms. The molecule has 0 aliphatic carbocycles. The van der Waals surface area contributed by atoms with Gasteiger partial charge in [0.05, 0.1) is 0 Å². The normalized spacial score (nSPS) is 15.8. The molecule has 1 aromatic heterocycles. The van der Waals surface area contributed by atoms with Gasteiger partial charge in [-0.1, -0.05) is 6.92 Å². The number of fused-ring (bicyclic) bond motifs is 1. The molecule has 0 saturated heterocycles. The zero-order chi connectivity index (χ0) is 8.39. The minimum absolute atomic E-state index is 0.930. The molecule has 1 aliphatic heterocycles. The van der Waals surface area contributed by atoms with Crippen LogP contribution in [-0.4, -0.2) is 16.5 Å². The number of aromatic nitrogens is 2. The first-order valence-electron chi connectivity index (χ1n) is 4.44. The molecule has 0 spiro atoms. The number of aryl methyl sites for hydroxylation is 1. The number of rotatable bonds is 1. The molecule has 0 unspecified atom stereocenters. The van der Waals surface area contributed by atoms with Crippen LogP contribution in [0, 0.1) is 0 Å². The van der Waals surface area contributed by atoms with Crippen molar-refractivity contribution in [2.75, 3.05) is 6.54 Å². The van der Waals surface area contributed by atoms with Crippen molar-refractivity contribution in [1.29, 1.82) is 0 Å². The molecule has 12 heavy (non-hydrogen) atoms. The maximum atomic E-state index is 4.48. The van der Waals surface area contributed by atoms with Crippen LogP contribution in [-0.2, 0) is 19.4 Å². The second kappa shape index (κ2) is 3.19. The predicted octanol–water partition coefficient (Wildman–Crippen LogP) is 0.685. The van der Waals surface area contributed by atoms with Gasteiger partial charge in [0.2, 0.25) is 0 Å². The molecule has 0 amide bonds. The average Bonchev–Trinajstić information content (AvgIpc) is 2.17. The predicted molar refractivity (Wildman–Crippen MR) is 46.8 cm³/mol. The van der Waals surface area contributed by atoms with E-state index in [-0.39, 0.29) is 0 Å². The summed E-state index contributed by atoms with van der Waals surface area (Å²) < 4.78 is 0. The van der Waals surface area contributed by atoms with Crippen molar-refractivity contribution in [3.8, 4) is 0 Å². The molecule has 3 heteroatoms. The smallest absolute Gasteiger partial charge is 0.128 e. The number of nitrogens with zero attached hydrogens (tertiary/aromatic N) is 2. The summed E-state index contributed by atoms with van der Waals surface area (Å²) in [6, 6.07) is 0. The van der Waals surface area contributed by atoms with Crippen LogP contribution in [0.25, 0.3) is 0 Å². The Balaban J connectivity index is 2.36. The molecular formula is C9H13N3. The van der Waals surface area contributed by atoms with E-state index in [0.29, 0.717) is 0 Å². The van der Waals surface area contributed by atoms with Crippen LogP contribution >= 0.6 is 0 Å². The summed E-state index contributed by atoms with van der Waals surface area (Å²) in [5, 5.41) is 3.30. The number of hydrogen-bond acceptors (Lipinski definition) is 3. The van der Waals surface area contributed by atoms with E-state index in [0.717, 1.165) is 31.8 Å². The van der Waals surface area contributed by atoms with Gasteiger partial charge in [0.1, 0.15) is 5.82 Å². The lowest BCUT2D eigenvalue weighted by molar-refractivity contribution is 0.620. The summed E-state index contributed by atoms with van der Waals surface area (Å²) in [4.78, 5) is 8.74. The maximum Gasteiger partial charge on any atom is 0.128 e. The lowest BCUT2D eigenvalue weighted by Gasteiger charge is -2.15. The van der Waals surface area contributed by atoms with Crippen molar-refractivity contribution in [1.82, 2.24) is 15.3 Å². The van der Waals surface area contributed by atoms with E-state index in [1.165, 1.54) is 11.3 Å². The van der Waals surface area contributed by atoms with Gasteiger partial charge in [0.15, 0.2) is 0 Å². The zero-order valence-electron chi connectivity index (χ0n) is 7.30. The third-order valence-corrected chi connectivity index (χ3v) is 2.17. The van der Waals surface area contributed by atoms with Gasteiger partial charge in [0, 0.05) is 43.4 Å².